The Kier molecular flexibility index (Phi) is 3.87. The summed E-state index contributed by atoms with van der Waals surface area (Å²) in [6.07, 6.45) is 1.38. The smallest absolute Gasteiger partial charge is 0.407 e. The van der Waals surface area contributed by atoms with E-state index in [1.165, 1.54) is 0 Å². The van der Waals surface area contributed by atoms with Gasteiger partial charge in [-0.25, -0.2) is 4.79 Å². The van der Waals surface area contributed by atoms with Crippen LogP contribution in [-0.4, -0.2) is 32.0 Å². The van der Waals surface area contributed by atoms with Gasteiger partial charge in [-0.2, -0.15) is 0 Å². The molecule has 1 amide bonds. The molecule has 0 bridgehead atoms. The predicted molar refractivity (Wildman–Crippen MR) is 44.0 cm³/mol. The molecule has 0 aliphatic carbocycles. The minimum atomic E-state index is -0.327. The molecule has 0 radical (unpaired) electrons. The van der Waals surface area contributed by atoms with Gasteiger partial charge in [0.05, 0.1) is 13.2 Å². The molecule has 1 heterocycles. The second-order valence-electron chi connectivity index (χ2n) is 2.82. The van der Waals surface area contributed by atoms with Crippen molar-refractivity contribution in [3.63, 3.8) is 0 Å². The Balaban J connectivity index is 2.08. The normalized spacial score (nSPS) is 22.2. The Bertz CT molecular complexity index is 143. The second kappa shape index (κ2) is 4.98. The number of hydrogen-bond acceptors (Lipinski definition) is 3. The van der Waals surface area contributed by atoms with Crippen LogP contribution in [0.25, 0.3) is 0 Å². The molecule has 0 aromatic heterocycles. The zero-order valence-corrected chi connectivity index (χ0v) is 7.34. The average molecular weight is 173 g/mol. The van der Waals surface area contributed by atoms with E-state index in [4.69, 9.17) is 9.47 Å². The molecule has 1 aliphatic heterocycles. The van der Waals surface area contributed by atoms with Crippen LogP contribution >= 0.6 is 0 Å². The van der Waals surface area contributed by atoms with Crippen LogP contribution in [-0.2, 0) is 9.47 Å². The third-order valence-corrected chi connectivity index (χ3v) is 1.68. The molecule has 4 heteroatoms. The number of alkyl carbamates (subject to hydrolysis) is 1. The lowest BCUT2D eigenvalue weighted by Crippen LogP contribution is -2.29. The summed E-state index contributed by atoms with van der Waals surface area (Å²) in [4.78, 5) is 11.0. The van der Waals surface area contributed by atoms with Crippen molar-refractivity contribution in [2.45, 2.75) is 25.9 Å². The molecule has 1 unspecified atom stereocenters. The maximum atomic E-state index is 11.0. The van der Waals surface area contributed by atoms with Crippen LogP contribution in [0.1, 0.15) is 19.8 Å². The van der Waals surface area contributed by atoms with Gasteiger partial charge in [0.2, 0.25) is 0 Å². The molecule has 0 saturated carbocycles. The van der Waals surface area contributed by atoms with Gasteiger partial charge >= 0.3 is 6.09 Å². The van der Waals surface area contributed by atoms with Crippen molar-refractivity contribution in [1.29, 1.82) is 0 Å². The summed E-state index contributed by atoms with van der Waals surface area (Å²) in [5, 5.41) is 2.64. The molecule has 0 aromatic rings. The molecular weight excluding hydrogens is 158 g/mol. The largest absolute Gasteiger partial charge is 0.444 e. The van der Waals surface area contributed by atoms with Crippen LogP contribution in [0, 0.1) is 0 Å². The van der Waals surface area contributed by atoms with Gasteiger partial charge in [0, 0.05) is 13.0 Å². The molecule has 1 fully saturated rings. The summed E-state index contributed by atoms with van der Waals surface area (Å²) in [7, 11) is 0. The summed E-state index contributed by atoms with van der Waals surface area (Å²) in [5.41, 5.74) is 0. The van der Waals surface area contributed by atoms with Crippen molar-refractivity contribution in [3.8, 4) is 0 Å². The Morgan fingerprint density at radius 1 is 1.75 bits per heavy atom. The highest BCUT2D eigenvalue weighted by Crippen LogP contribution is 2.07. The minimum Gasteiger partial charge on any atom is -0.444 e. The van der Waals surface area contributed by atoms with Crippen LogP contribution in [0.2, 0.25) is 0 Å². The third-order valence-electron chi connectivity index (χ3n) is 1.68. The van der Waals surface area contributed by atoms with E-state index in [0.29, 0.717) is 19.8 Å². The first kappa shape index (κ1) is 9.32. The number of amides is 1. The van der Waals surface area contributed by atoms with Crippen molar-refractivity contribution in [2.75, 3.05) is 19.8 Å². The first-order valence-corrected chi connectivity index (χ1v) is 4.35. The first-order valence-electron chi connectivity index (χ1n) is 4.35. The lowest BCUT2D eigenvalue weighted by molar-refractivity contribution is 0.0832. The number of nitrogens with one attached hydrogen (secondary N) is 1. The molecule has 1 atom stereocenters. The van der Waals surface area contributed by atoms with E-state index in [-0.39, 0.29) is 12.2 Å². The topological polar surface area (TPSA) is 47.6 Å². The summed E-state index contributed by atoms with van der Waals surface area (Å²) in [6.45, 7) is 3.91. The Hall–Kier alpha value is -0.770. The number of hydrogen-bond donors (Lipinski definition) is 1. The van der Waals surface area contributed by atoms with Crippen molar-refractivity contribution in [2.24, 2.45) is 0 Å². The van der Waals surface area contributed by atoms with Gasteiger partial charge in [0.25, 0.3) is 0 Å². The van der Waals surface area contributed by atoms with E-state index in [1.54, 1.807) is 0 Å². The molecule has 4 nitrogen and oxygen atoms in total. The van der Waals surface area contributed by atoms with Gasteiger partial charge in [-0.3, -0.25) is 0 Å². The fraction of sp³-hybridized carbons (Fsp3) is 0.875. The van der Waals surface area contributed by atoms with Crippen LogP contribution in [0.5, 0.6) is 0 Å². The van der Waals surface area contributed by atoms with Crippen molar-refractivity contribution >= 4 is 6.09 Å². The SMILES string of the molecule is CCCNC(=O)OC1CCOC1. The fourth-order valence-corrected chi connectivity index (χ4v) is 1.03. The maximum Gasteiger partial charge on any atom is 0.407 e. The molecule has 1 rings (SSSR count). The molecular formula is C8H15NO3. The van der Waals surface area contributed by atoms with Gasteiger partial charge in [-0.1, -0.05) is 6.92 Å². The summed E-state index contributed by atoms with van der Waals surface area (Å²) >= 11 is 0. The Labute approximate surface area is 72.2 Å². The summed E-state index contributed by atoms with van der Waals surface area (Å²) < 4.78 is 10.1. The number of carbonyl (C=O) groups is 1. The van der Waals surface area contributed by atoms with Crippen LogP contribution < -0.4 is 5.32 Å². The maximum absolute atomic E-state index is 11.0. The monoisotopic (exact) mass is 173 g/mol. The van der Waals surface area contributed by atoms with Crippen LogP contribution in [0.4, 0.5) is 4.79 Å². The zero-order valence-electron chi connectivity index (χ0n) is 7.34. The van der Waals surface area contributed by atoms with Gasteiger partial charge in [0.15, 0.2) is 0 Å². The van der Waals surface area contributed by atoms with E-state index in [0.717, 1.165) is 12.8 Å². The van der Waals surface area contributed by atoms with Gasteiger partial charge in [-0.15, -0.1) is 0 Å². The lowest BCUT2D eigenvalue weighted by atomic mass is 10.3. The number of rotatable bonds is 3. The Morgan fingerprint density at radius 2 is 2.58 bits per heavy atom. The molecule has 1 N–H and O–H groups in total. The van der Waals surface area contributed by atoms with Crippen LogP contribution in [0.3, 0.4) is 0 Å². The molecule has 70 valence electrons. The molecule has 1 aliphatic rings. The fourth-order valence-electron chi connectivity index (χ4n) is 1.03. The standard InChI is InChI=1S/C8H15NO3/c1-2-4-9-8(10)12-7-3-5-11-6-7/h7H,2-6H2,1H3,(H,9,10). The quantitative estimate of drug-likeness (QED) is 0.690. The molecule has 12 heavy (non-hydrogen) atoms. The van der Waals surface area contributed by atoms with Crippen molar-refractivity contribution in [1.82, 2.24) is 5.32 Å². The van der Waals surface area contributed by atoms with E-state index < -0.39 is 0 Å². The number of ether oxygens (including phenoxy) is 2. The molecule has 0 spiro atoms. The first-order chi connectivity index (χ1) is 5.83. The highest BCUT2D eigenvalue weighted by molar-refractivity contribution is 5.67. The van der Waals surface area contributed by atoms with Gasteiger partial charge in [-0.05, 0) is 6.42 Å². The average Bonchev–Trinajstić information content (AvgIpc) is 2.53. The van der Waals surface area contributed by atoms with Gasteiger partial charge < -0.3 is 14.8 Å². The third kappa shape index (κ3) is 3.09. The minimum absolute atomic E-state index is 0.0399. The van der Waals surface area contributed by atoms with E-state index >= 15 is 0 Å². The molecule has 1 saturated heterocycles. The summed E-state index contributed by atoms with van der Waals surface area (Å²) in [6, 6.07) is 0. The highest BCUT2D eigenvalue weighted by atomic mass is 16.6. The van der Waals surface area contributed by atoms with E-state index in [9.17, 15) is 4.79 Å². The number of carbonyl (C=O) groups excluding carboxylic acids is 1. The predicted octanol–water partition coefficient (Wildman–Crippen LogP) is 0.911. The van der Waals surface area contributed by atoms with Crippen molar-refractivity contribution < 1.29 is 14.3 Å². The van der Waals surface area contributed by atoms with Crippen molar-refractivity contribution in [3.05, 3.63) is 0 Å². The van der Waals surface area contributed by atoms with E-state index in [2.05, 4.69) is 5.32 Å². The van der Waals surface area contributed by atoms with E-state index in [1.807, 2.05) is 6.92 Å². The zero-order chi connectivity index (χ0) is 8.81. The van der Waals surface area contributed by atoms with Gasteiger partial charge in [0.1, 0.15) is 6.10 Å². The highest BCUT2D eigenvalue weighted by Gasteiger charge is 2.19. The Morgan fingerprint density at radius 3 is 3.17 bits per heavy atom. The lowest BCUT2D eigenvalue weighted by Gasteiger charge is -2.10. The second-order valence-corrected chi connectivity index (χ2v) is 2.82. The summed E-state index contributed by atoms with van der Waals surface area (Å²) in [5.74, 6) is 0. The van der Waals surface area contributed by atoms with Crippen LogP contribution in [0.15, 0.2) is 0 Å². The molecule has 0 aromatic carbocycles.